The second-order valence-electron chi connectivity index (χ2n) is 5.14. The minimum Gasteiger partial charge on any atom is -0.389 e. The lowest BCUT2D eigenvalue weighted by Gasteiger charge is -2.03. The van der Waals surface area contributed by atoms with Crippen LogP contribution >= 0.6 is 0 Å². The molecule has 4 N–H and O–H groups in total. The molecule has 0 radical (unpaired) electrons. The fourth-order valence-corrected chi connectivity index (χ4v) is 1.79. The van der Waals surface area contributed by atoms with Crippen LogP contribution in [0, 0.1) is 0 Å². The van der Waals surface area contributed by atoms with Gasteiger partial charge in [-0.15, -0.1) is 0 Å². The Morgan fingerprint density at radius 1 is 0.952 bits per heavy atom. The number of hydrogen-bond donors (Lipinski definition) is 3. The number of aliphatic hydroxyl groups is 2. The number of allylic oxidation sites excluding steroid dienone is 4. The number of amides is 1. The van der Waals surface area contributed by atoms with Crippen molar-refractivity contribution in [3.05, 3.63) is 36.5 Å². The van der Waals surface area contributed by atoms with Crippen molar-refractivity contribution >= 4 is 5.91 Å². The molecule has 2 atom stereocenters. The van der Waals surface area contributed by atoms with Gasteiger partial charge in [-0.3, -0.25) is 4.79 Å². The molecular formula is C17H29NO3. The highest BCUT2D eigenvalue weighted by molar-refractivity contribution is 5.73. The Bertz CT molecular complexity index is 348. The summed E-state index contributed by atoms with van der Waals surface area (Å²) in [5.74, 6) is -0.339. The zero-order valence-electron chi connectivity index (χ0n) is 12.9. The molecule has 4 heteroatoms. The number of primary amides is 1. The van der Waals surface area contributed by atoms with Crippen LogP contribution in [0.2, 0.25) is 0 Å². The smallest absolute Gasteiger partial charge is 0.217 e. The van der Waals surface area contributed by atoms with Crippen molar-refractivity contribution in [3.63, 3.8) is 0 Å². The predicted molar refractivity (Wildman–Crippen MR) is 86.6 cm³/mol. The highest BCUT2D eigenvalue weighted by atomic mass is 16.3. The lowest BCUT2D eigenvalue weighted by atomic mass is 10.1. The van der Waals surface area contributed by atoms with Crippen LogP contribution in [0.3, 0.4) is 0 Å². The van der Waals surface area contributed by atoms with E-state index in [1.165, 1.54) is 0 Å². The summed E-state index contributed by atoms with van der Waals surface area (Å²) < 4.78 is 0. The number of rotatable bonds is 12. The molecule has 0 bridgehead atoms. The Morgan fingerprint density at radius 3 is 1.95 bits per heavy atom. The van der Waals surface area contributed by atoms with Crippen LogP contribution < -0.4 is 5.73 Å². The lowest BCUT2D eigenvalue weighted by molar-refractivity contribution is -0.118. The van der Waals surface area contributed by atoms with Crippen molar-refractivity contribution < 1.29 is 15.0 Å². The molecule has 0 aromatic heterocycles. The first kappa shape index (κ1) is 19.6. The van der Waals surface area contributed by atoms with Crippen LogP contribution in [-0.4, -0.2) is 28.3 Å². The van der Waals surface area contributed by atoms with Gasteiger partial charge in [0, 0.05) is 6.42 Å². The van der Waals surface area contributed by atoms with Crippen LogP contribution in [0.4, 0.5) is 0 Å². The average molecular weight is 295 g/mol. The molecule has 0 heterocycles. The SMILES string of the molecule is CCCCCC(O)C=CC=CC=CC(O)CCCC(N)=O. The Morgan fingerprint density at radius 2 is 1.48 bits per heavy atom. The maximum absolute atomic E-state index is 10.5. The van der Waals surface area contributed by atoms with Crippen molar-refractivity contribution in [2.75, 3.05) is 0 Å². The van der Waals surface area contributed by atoms with E-state index in [2.05, 4.69) is 6.92 Å². The van der Waals surface area contributed by atoms with E-state index in [0.29, 0.717) is 19.3 Å². The van der Waals surface area contributed by atoms with Gasteiger partial charge in [0.05, 0.1) is 12.2 Å². The number of aliphatic hydroxyl groups excluding tert-OH is 2. The molecule has 0 aliphatic carbocycles. The Labute approximate surface area is 128 Å². The van der Waals surface area contributed by atoms with Gasteiger partial charge in [-0.1, -0.05) is 62.6 Å². The fourth-order valence-electron chi connectivity index (χ4n) is 1.79. The molecule has 0 aromatic rings. The van der Waals surface area contributed by atoms with Crippen LogP contribution in [0.1, 0.15) is 51.9 Å². The number of hydrogen-bond acceptors (Lipinski definition) is 3. The van der Waals surface area contributed by atoms with Crippen molar-refractivity contribution in [2.24, 2.45) is 5.73 Å². The van der Waals surface area contributed by atoms with Gasteiger partial charge < -0.3 is 15.9 Å². The summed E-state index contributed by atoms with van der Waals surface area (Å²) >= 11 is 0. The van der Waals surface area contributed by atoms with E-state index in [1.54, 1.807) is 30.4 Å². The first-order valence-electron chi connectivity index (χ1n) is 7.72. The van der Waals surface area contributed by atoms with Crippen molar-refractivity contribution in [3.8, 4) is 0 Å². The summed E-state index contributed by atoms with van der Waals surface area (Å²) in [5.41, 5.74) is 5.02. The zero-order valence-corrected chi connectivity index (χ0v) is 12.9. The van der Waals surface area contributed by atoms with E-state index < -0.39 is 6.10 Å². The van der Waals surface area contributed by atoms with Crippen LogP contribution in [0.15, 0.2) is 36.5 Å². The normalized spacial score (nSPS) is 15.2. The van der Waals surface area contributed by atoms with Crippen LogP contribution in [0.5, 0.6) is 0 Å². The van der Waals surface area contributed by atoms with Gasteiger partial charge >= 0.3 is 0 Å². The molecule has 0 aromatic carbocycles. The molecule has 0 fully saturated rings. The molecule has 2 unspecified atom stereocenters. The van der Waals surface area contributed by atoms with Crippen molar-refractivity contribution in [2.45, 2.75) is 64.1 Å². The standard InChI is InChI=1S/C17H29NO3/c1-2-3-6-10-15(19)11-7-4-5-8-12-16(20)13-9-14-17(18)21/h4-5,7-8,11-12,15-16,19-20H,2-3,6,9-10,13-14H2,1H3,(H2,18,21). The molecular weight excluding hydrogens is 266 g/mol. The average Bonchev–Trinajstić information content (AvgIpc) is 2.42. The Kier molecular flexibility index (Phi) is 12.7. The van der Waals surface area contributed by atoms with E-state index >= 15 is 0 Å². The molecule has 4 nitrogen and oxygen atoms in total. The lowest BCUT2D eigenvalue weighted by Crippen LogP contribution is -2.11. The highest BCUT2D eigenvalue weighted by Gasteiger charge is 2.00. The number of carbonyl (C=O) groups is 1. The van der Waals surface area contributed by atoms with Gasteiger partial charge in [-0.2, -0.15) is 0 Å². The van der Waals surface area contributed by atoms with Gasteiger partial charge in [0.1, 0.15) is 0 Å². The third-order valence-electron chi connectivity index (χ3n) is 3.03. The van der Waals surface area contributed by atoms with E-state index in [0.717, 1.165) is 25.7 Å². The van der Waals surface area contributed by atoms with Gasteiger partial charge in [-0.05, 0) is 19.3 Å². The van der Waals surface area contributed by atoms with Gasteiger partial charge in [0.15, 0.2) is 0 Å². The fraction of sp³-hybridized carbons (Fsp3) is 0.588. The zero-order chi connectivity index (χ0) is 15.9. The van der Waals surface area contributed by atoms with E-state index in [1.807, 2.05) is 6.08 Å². The first-order valence-corrected chi connectivity index (χ1v) is 7.72. The number of nitrogens with two attached hydrogens (primary N) is 1. The second kappa shape index (κ2) is 13.6. The minimum atomic E-state index is -0.558. The quantitative estimate of drug-likeness (QED) is 0.382. The summed E-state index contributed by atoms with van der Waals surface area (Å²) in [5, 5.41) is 19.2. The van der Waals surface area contributed by atoms with Crippen molar-refractivity contribution in [1.29, 1.82) is 0 Å². The minimum absolute atomic E-state index is 0.305. The number of unbranched alkanes of at least 4 members (excludes halogenated alkanes) is 2. The molecule has 0 spiro atoms. The van der Waals surface area contributed by atoms with E-state index in [-0.39, 0.29) is 12.0 Å². The van der Waals surface area contributed by atoms with Crippen LogP contribution in [0.25, 0.3) is 0 Å². The second-order valence-corrected chi connectivity index (χ2v) is 5.14. The van der Waals surface area contributed by atoms with Crippen LogP contribution in [-0.2, 0) is 4.79 Å². The highest BCUT2D eigenvalue weighted by Crippen LogP contribution is 2.04. The summed E-state index contributed by atoms with van der Waals surface area (Å²) in [6, 6.07) is 0. The van der Waals surface area contributed by atoms with Crippen molar-refractivity contribution in [1.82, 2.24) is 0 Å². The number of carbonyl (C=O) groups excluding carboxylic acids is 1. The van der Waals surface area contributed by atoms with Gasteiger partial charge in [0.2, 0.25) is 5.91 Å². The van der Waals surface area contributed by atoms with E-state index in [9.17, 15) is 15.0 Å². The first-order chi connectivity index (χ1) is 10.1. The Hall–Kier alpha value is -1.39. The summed E-state index contributed by atoms with van der Waals surface area (Å²) in [6.07, 6.45) is 15.2. The molecule has 1 amide bonds. The monoisotopic (exact) mass is 295 g/mol. The predicted octanol–water partition coefficient (Wildman–Crippen LogP) is 2.61. The maximum Gasteiger partial charge on any atom is 0.217 e. The molecule has 0 aliphatic heterocycles. The summed E-state index contributed by atoms with van der Waals surface area (Å²) in [6.45, 7) is 2.14. The largest absolute Gasteiger partial charge is 0.389 e. The molecule has 0 saturated carbocycles. The molecule has 21 heavy (non-hydrogen) atoms. The molecule has 0 aliphatic rings. The topological polar surface area (TPSA) is 83.6 Å². The molecule has 120 valence electrons. The van der Waals surface area contributed by atoms with E-state index in [4.69, 9.17) is 5.73 Å². The molecule has 0 saturated heterocycles. The summed E-state index contributed by atoms with van der Waals surface area (Å²) in [4.78, 5) is 10.5. The summed E-state index contributed by atoms with van der Waals surface area (Å²) in [7, 11) is 0. The van der Waals surface area contributed by atoms with Gasteiger partial charge in [-0.25, -0.2) is 0 Å². The maximum atomic E-state index is 10.5. The molecule has 0 rings (SSSR count). The third-order valence-corrected chi connectivity index (χ3v) is 3.03. The third kappa shape index (κ3) is 14.8. The Balaban J connectivity index is 3.77. The van der Waals surface area contributed by atoms with Gasteiger partial charge in [0.25, 0.3) is 0 Å².